The third-order valence-corrected chi connectivity index (χ3v) is 5.84. The van der Waals surface area contributed by atoms with E-state index in [1.807, 2.05) is 24.4 Å². The van der Waals surface area contributed by atoms with Crippen LogP contribution in [0.4, 0.5) is 11.5 Å². The molecule has 0 aliphatic heterocycles. The van der Waals surface area contributed by atoms with Crippen molar-refractivity contribution >= 4 is 40.4 Å². The second-order valence-corrected chi connectivity index (χ2v) is 8.34. The topological polar surface area (TPSA) is 136 Å². The highest BCUT2D eigenvalue weighted by Crippen LogP contribution is 2.28. The molecule has 1 amide bonds. The van der Waals surface area contributed by atoms with Crippen LogP contribution in [0.2, 0.25) is 5.02 Å². The molecule has 4 rings (SSSR count). The molecule has 10 nitrogen and oxygen atoms in total. The Morgan fingerprint density at radius 2 is 2.12 bits per heavy atom. The maximum absolute atomic E-state index is 13.0. The van der Waals surface area contributed by atoms with E-state index in [2.05, 4.69) is 20.4 Å². The Morgan fingerprint density at radius 1 is 1.30 bits per heavy atom. The van der Waals surface area contributed by atoms with Crippen molar-refractivity contribution in [1.82, 2.24) is 19.7 Å². The number of amides is 1. The second kappa shape index (κ2) is 9.35. The SMILES string of the molecule is CCCc1cc(=O)[nH]c(-n2nc(-c3cccs3)cc2NC(=O)c2cc([N+](=O)[O-])ccc2Cl)n1. The fourth-order valence-electron chi connectivity index (χ4n) is 3.14. The van der Waals surface area contributed by atoms with Crippen molar-refractivity contribution in [3.05, 3.63) is 84.6 Å². The lowest BCUT2D eigenvalue weighted by atomic mass is 10.2. The van der Waals surface area contributed by atoms with Gasteiger partial charge in [-0.3, -0.25) is 24.7 Å². The predicted molar refractivity (Wildman–Crippen MR) is 125 cm³/mol. The number of aryl methyl sites for hydroxylation is 1. The van der Waals surface area contributed by atoms with Crippen LogP contribution < -0.4 is 10.9 Å². The molecule has 33 heavy (non-hydrogen) atoms. The van der Waals surface area contributed by atoms with Gasteiger partial charge in [0.2, 0.25) is 5.95 Å². The molecule has 3 aromatic heterocycles. The van der Waals surface area contributed by atoms with Crippen molar-refractivity contribution in [3.8, 4) is 16.5 Å². The van der Waals surface area contributed by atoms with Crippen molar-refractivity contribution in [2.45, 2.75) is 19.8 Å². The van der Waals surface area contributed by atoms with Crippen LogP contribution in [0.3, 0.4) is 0 Å². The number of nitrogens with one attached hydrogen (secondary N) is 2. The summed E-state index contributed by atoms with van der Waals surface area (Å²) >= 11 is 7.57. The Bertz CT molecular complexity index is 1400. The highest BCUT2D eigenvalue weighted by molar-refractivity contribution is 7.13. The summed E-state index contributed by atoms with van der Waals surface area (Å²) in [4.78, 5) is 43.6. The van der Waals surface area contributed by atoms with Crippen LogP contribution in [0.25, 0.3) is 16.5 Å². The van der Waals surface area contributed by atoms with Gasteiger partial charge in [-0.05, 0) is 23.9 Å². The number of carbonyl (C=O) groups excluding carboxylic acids is 1. The number of carbonyl (C=O) groups is 1. The molecule has 12 heteroatoms. The summed E-state index contributed by atoms with van der Waals surface area (Å²) in [5.41, 5.74) is 0.445. The quantitative estimate of drug-likeness (QED) is 0.294. The molecule has 0 saturated carbocycles. The minimum atomic E-state index is -0.672. The van der Waals surface area contributed by atoms with Gasteiger partial charge in [0.05, 0.1) is 20.4 Å². The third-order valence-electron chi connectivity index (χ3n) is 4.62. The minimum Gasteiger partial charge on any atom is -0.306 e. The number of anilines is 1. The van der Waals surface area contributed by atoms with E-state index in [0.717, 1.165) is 17.4 Å². The second-order valence-electron chi connectivity index (χ2n) is 6.99. The van der Waals surface area contributed by atoms with Crippen molar-refractivity contribution < 1.29 is 9.72 Å². The van der Waals surface area contributed by atoms with E-state index in [9.17, 15) is 19.7 Å². The van der Waals surface area contributed by atoms with Gasteiger partial charge in [-0.15, -0.1) is 11.3 Å². The van der Waals surface area contributed by atoms with Gasteiger partial charge in [-0.2, -0.15) is 9.78 Å². The van der Waals surface area contributed by atoms with E-state index in [1.54, 1.807) is 6.07 Å². The molecule has 0 aliphatic carbocycles. The van der Waals surface area contributed by atoms with E-state index in [1.165, 1.54) is 34.2 Å². The van der Waals surface area contributed by atoms with Gasteiger partial charge in [-0.25, -0.2) is 4.98 Å². The standard InChI is InChI=1S/C21H17ClN6O4S/c1-2-4-12-9-19(29)25-21(23-12)27-18(11-16(26-27)17-5-3-8-33-17)24-20(30)14-10-13(28(31)32)6-7-15(14)22/h3,5-11H,2,4H2,1H3,(H,24,30)(H,23,25,29). The smallest absolute Gasteiger partial charge is 0.270 e. The van der Waals surface area contributed by atoms with E-state index in [0.29, 0.717) is 17.8 Å². The Labute approximate surface area is 196 Å². The molecule has 2 N–H and O–H groups in total. The number of thiophene rings is 1. The van der Waals surface area contributed by atoms with Crippen molar-refractivity contribution in [1.29, 1.82) is 0 Å². The normalized spacial score (nSPS) is 10.8. The maximum atomic E-state index is 13.0. The Kier molecular flexibility index (Phi) is 6.33. The first kappa shape index (κ1) is 22.4. The molecular weight excluding hydrogens is 468 g/mol. The van der Waals surface area contributed by atoms with Gasteiger partial charge in [0.1, 0.15) is 11.5 Å². The van der Waals surface area contributed by atoms with Crippen molar-refractivity contribution in [3.63, 3.8) is 0 Å². The number of nitro benzene ring substituents is 1. The summed E-state index contributed by atoms with van der Waals surface area (Å²) in [6.07, 6.45) is 1.39. The molecule has 0 bridgehead atoms. The van der Waals surface area contributed by atoms with Crippen LogP contribution in [-0.4, -0.2) is 30.6 Å². The fraction of sp³-hybridized carbons (Fsp3) is 0.143. The zero-order valence-electron chi connectivity index (χ0n) is 17.2. The number of rotatable bonds is 7. The molecule has 0 radical (unpaired) electrons. The van der Waals surface area contributed by atoms with Gasteiger partial charge in [0.25, 0.3) is 17.2 Å². The predicted octanol–water partition coefficient (Wildman–Crippen LogP) is 4.45. The molecule has 168 valence electrons. The Balaban J connectivity index is 1.78. The Hall–Kier alpha value is -3.83. The molecule has 3 heterocycles. The van der Waals surface area contributed by atoms with Gasteiger partial charge < -0.3 is 5.32 Å². The lowest BCUT2D eigenvalue weighted by Crippen LogP contribution is -2.19. The maximum Gasteiger partial charge on any atom is 0.270 e. The summed E-state index contributed by atoms with van der Waals surface area (Å²) < 4.78 is 1.32. The van der Waals surface area contributed by atoms with E-state index >= 15 is 0 Å². The number of nitrogens with zero attached hydrogens (tertiary/aromatic N) is 4. The zero-order chi connectivity index (χ0) is 23.5. The van der Waals surface area contributed by atoms with Crippen LogP contribution in [0.15, 0.2) is 52.6 Å². The molecule has 1 aromatic carbocycles. The zero-order valence-corrected chi connectivity index (χ0v) is 18.8. The van der Waals surface area contributed by atoms with E-state index < -0.39 is 10.8 Å². The summed E-state index contributed by atoms with van der Waals surface area (Å²) in [5, 5.41) is 20.3. The number of aromatic nitrogens is 4. The molecule has 4 aromatic rings. The number of non-ortho nitro benzene ring substituents is 1. The molecule has 0 saturated heterocycles. The molecule has 0 spiro atoms. The highest BCUT2D eigenvalue weighted by Gasteiger charge is 2.20. The lowest BCUT2D eigenvalue weighted by Gasteiger charge is -2.10. The molecule has 0 aliphatic rings. The number of halogens is 1. The van der Waals surface area contributed by atoms with E-state index in [4.69, 9.17) is 11.6 Å². The number of nitro groups is 1. The first-order valence-electron chi connectivity index (χ1n) is 9.85. The average molecular weight is 485 g/mol. The fourth-order valence-corrected chi connectivity index (χ4v) is 4.02. The number of H-pyrrole nitrogens is 1. The van der Waals surface area contributed by atoms with Gasteiger partial charge in [0.15, 0.2) is 0 Å². The van der Waals surface area contributed by atoms with Crippen molar-refractivity contribution in [2.75, 3.05) is 5.32 Å². The van der Waals surface area contributed by atoms with Crippen LogP contribution in [0.5, 0.6) is 0 Å². The number of aromatic amines is 1. The number of hydrogen-bond donors (Lipinski definition) is 2. The van der Waals surface area contributed by atoms with Crippen LogP contribution in [-0.2, 0) is 6.42 Å². The first-order valence-corrected chi connectivity index (χ1v) is 11.1. The molecule has 0 atom stereocenters. The summed E-state index contributed by atoms with van der Waals surface area (Å²) in [6.45, 7) is 1.97. The van der Waals surface area contributed by atoms with Gasteiger partial charge in [-0.1, -0.05) is 31.0 Å². The largest absolute Gasteiger partial charge is 0.306 e. The highest BCUT2D eigenvalue weighted by atomic mass is 35.5. The molecule has 0 fully saturated rings. The average Bonchev–Trinajstić information content (AvgIpc) is 3.43. The summed E-state index contributed by atoms with van der Waals surface area (Å²) in [7, 11) is 0. The third kappa shape index (κ3) is 4.83. The van der Waals surface area contributed by atoms with Crippen LogP contribution in [0, 0.1) is 10.1 Å². The lowest BCUT2D eigenvalue weighted by molar-refractivity contribution is -0.384. The molecule has 0 unspecified atom stereocenters. The molecular formula is C21H17ClN6O4S. The van der Waals surface area contributed by atoms with E-state index in [-0.39, 0.29) is 33.6 Å². The first-order chi connectivity index (χ1) is 15.9. The number of benzene rings is 1. The van der Waals surface area contributed by atoms with Gasteiger partial charge >= 0.3 is 0 Å². The van der Waals surface area contributed by atoms with Gasteiger partial charge in [0, 0.05) is 30.0 Å². The van der Waals surface area contributed by atoms with Crippen molar-refractivity contribution in [2.24, 2.45) is 0 Å². The van der Waals surface area contributed by atoms with Crippen LogP contribution >= 0.6 is 22.9 Å². The summed E-state index contributed by atoms with van der Waals surface area (Å²) in [5.74, 6) is -0.327. The minimum absolute atomic E-state index is 0.0547. The summed E-state index contributed by atoms with van der Waals surface area (Å²) in [6, 6.07) is 10.4. The number of hydrogen-bond acceptors (Lipinski definition) is 7. The van der Waals surface area contributed by atoms with Crippen LogP contribution in [0.1, 0.15) is 29.4 Å². The monoisotopic (exact) mass is 484 g/mol. The Morgan fingerprint density at radius 3 is 2.82 bits per heavy atom.